The molecule has 1 rings (SSSR count). The molecular weight excluding hydrogens is 191 g/mol. The Labute approximate surface area is 86.2 Å². The fourth-order valence-electron chi connectivity index (χ4n) is 1.07. The number of halogens is 1. The van der Waals surface area contributed by atoms with Crippen LogP contribution >= 0.6 is 0 Å². The largest absolute Gasteiger partial charge is 0.207 e. The highest BCUT2D eigenvalue weighted by molar-refractivity contribution is 6.83. The maximum absolute atomic E-state index is 13.0. The zero-order chi connectivity index (χ0) is 10.8. The molecule has 0 unspecified atom stereocenters. The minimum atomic E-state index is -1.36. The Morgan fingerprint density at radius 3 is 2.29 bits per heavy atom. The van der Waals surface area contributed by atoms with Gasteiger partial charge in [0.05, 0.1) is 0 Å². The third kappa shape index (κ3) is 3.76. The van der Waals surface area contributed by atoms with Crippen LogP contribution in [0.15, 0.2) is 18.2 Å². The lowest BCUT2D eigenvalue weighted by molar-refractivity contribution is 0.626. The molecule has 2 heteroatoms. The molecule has 0 bridgehead atoms. The van der Waals surface area contributed by atoms with Gasteiger partial charge in [0.2, 0.25) is 0 Å². The van der Waals surface area contributed by atoms with Crippen molar-refractivity contribution in [3.05, 3.63) is 35.1 Å². The summed E-state index contributed by atoms with van der Waals surface area (Å²) in [5.41, 5.74) is 4.92. The third-order valence-corrected chi connectivity index (χ3v) is 2.50. The first-order valence-electron chi connectivity index (χ1n) is 4.67. The fourth-order valence-corrected chi connectivity index (χ4v) is 1.59. The van der Waals surface area contributed by atoms with E-state index in [1.165, 1.54) is 12.1 Å². The lowest BCUT2D eigenvalue weighted by atomic mass is 10.1. The van der Waals surface area contributed by atoms with Crippen molar-refractivity contribution in [1.29, 1.82) is 0 Å². The van der Waals surface area contributed by atoms with Crippen molar-refractivity contribution in [2.24, 2.45) is 0 Å². The first-order chi connectivity index (χ1) is 6.37. The van der Waals surface area contributed by atoms with E-state index in [0.29, 0.717) is 0 Å². The van der Waals surface area contributed by atoms with Gasteiger partial charge in [-0.1, -0.05) is 25.6 Å². The van der Waals surface area contributed by atoms with Crippen LogP contribution < -0.4 is 0 Å². The van der Waals surface area contributed by atoms with E-state index < -0.39 is 8.07 Å². The Morgan fingerprint density at radius 1 is 1.14 bits per heavy atom. The predicted octanol–water partition coefficient (Wildman–Crippen LogP) is 3.36. The topological polar surface area (TPSA) is 0 Å². The Kier molecular flexibility index (Phi) is 3.12. The van der Waals surface area contributed by atoms with Crippen LogP contribution in [0.2, 0.25) is 19.6 Å². The van der Waals surface area contributed by atoms with Gasteiger partial charge in [0.15, 0.2) is 0 Å². The molecule has 0 heterocycles. The van der Waals surface area contributed by atoms with Crippen LogP contribution in [0.1, 0.15) is 11.1 Å². The number of rotatable bonds is 0. The first-order valence-corrected chi connectivity index (χ1v) is 8.17. The van der Waals surface area contributed by atoms with Crippen molar-refractivity contribution in [1.82, 2.24) is 0 Å². The summed E-state index contributed by atoms with van der Waals surface area (Å²) in [6, 6.07) is 4.91. The van der Waals surface area contributed by atoms with E-state index in [1.807, 2.05) is 13.0 Å². The highest BCUT2D eigenvalue weighted by Crippen LogP contribution is 2.07. The zero-order valence-corrected chi connectivity index (χ0v) is 10.1. The molecule has 0 radical (unpaired) electrons. The van der Waals surface area contributed by atoms with Crippen LogP contribution in [0, 0.1) is 24.2 Å². The summed E-state index contributed by atoms with van der Waals surface area (Å²) in [4.78, 5) is 0. The number of benzene rings is 1. The Hall–Kier alpha value is -1.07. The van der Waals surface area contributed by atoms with Crippen molar-refractivity contribution >= 4 is 8.07 Å². The number of aryl methyl sites for hydroxylation is 1. The fraction of sp³-hybridized carbons (Fsp3) is 0.333. The summed E-state index contributed by atoms with van der Waals surface area (Å²) in [5, 5.41) is 0. The van der Waals surface area contributed by atoms with Crippen LogP contribution in [-0.4, -0.2) is 8.07 Å². The van der Waals surface area contributed by atoms with Gasteiger partial charge >= 0.3 is 0 Å². The molecule has 0 nitrogen and oxygen atoms in total. The molecule has 0 amide bonds. The predicted molar refractivity (Wildman–Crippen MR) is 61.4 cm³/mol. The summed E-state index contributed by atoms with van der Waals surface area (Å²) in [5.74, 6) is 2.83. The average Bonchev–Trinajstić information content (AvgIpc) is 1.97. The first kappa shape index (κ1) is 11.0. The lowest BCUT2D eigenvalue weighted by Gasteiger charge is -2.03. The van der Waals surface area contributed by atoms with E-state index in [-0.39, 0.29) is 5.82 Å². The maximum atomic E-state index is 13.0. The molecule has 1 aromatic rings. The quantitative estimate of drug-likeness (QED) is 0.451. The van der Waals surface area contributed by atoms with Gasteiger partial charge in [-0.2, -0.15) is 0 Å². The van der Waals surface area contributed by atoms with Gasteiger partial charge in [-0.15, -0.1) is 5.54 Å². The Bertz CT molecular complexity index is 371. The van der Waals surface area contributed by atoms with Crippen molar-refractivity contribution in [3.8, 4) is 11.5 Å². The third-order valence-electron chi connectivity index (χ3n) is 1.62. The zero-order valence-electron chi connectivity index (χ0n) is 9.11. The van der Waals surface area contributed by atoms with Crippen LogP contribution in [0.25, 0.3) is 0 Å². The summed E-state index contributed by atoms with van der Waals surface area (Å²) in [6.45, 7) is 8.40. The average molecular weight is 206 g/mol. The second-order valence-corrected chi connectivity index (χ2v) is 9.27. The van der Waals surface area contributed by atoms with Crippen molar-refractivity contribution in [2.75, 3.05) is 0 Å². The van der Waals surface area contributed by atoms with Crippen LogP contribution in [0.5, 0.6) is 0 Å². The monoisotopic (exact) mass is 206 g/mol. The van der Waals surface area contributed by atoms with E-state index in [4.69, 9.17) is 0 Å². The summed E-state index contributed by atoms with van der Waals surface area (Å²) >= 11 is 0. The molecule has 0 saturated heterocycles. The highest BCUT2D eigenvalue weighted by Gasteiger charge is 2.07. The second kappa shape index (κ2) is 3.98. The molecule has 0 saturated carbocycles. The van der Waals surface area contributed by atoms with Crippen molar-refractivity contribution in [2.45, 2.75) is 26.6 Å². The SMILES string of the molecule is Cc1cc(F)cc(C#C[Si](C)(C)C)c1. The molecule has 0 aliphatic rings. The standard InChI is InChI=1S/C12H15FSi/c1-10-7-11(9-12(13)8-10)5-6-14(2,3)4/h7-9H,1-4H3. The van der Waals surface area contributed by atoms with Gasteiger partial charge in [0.25, 0.3) is 0 Å². The van der Waals surface area contributed by atoms with Crippen LogP contribution in [0.3, 0.4) is 0 Å². The molecule has 74 valence electrons. The van der Waals surface area contributed by atoms with Gasteiger partial charge in [-0.05, 0) is 30.7 Å². The van der Waals surface area contributed by atoms with Crippen molar-refractivity contribution in [3.63, 3.8) is 0 Å². The van der Waals surface area contributed by atoms with Gasteiger partial charge in [0.1, 0.15) is 13.9 Å². The molecule has 0 spiro atoms. The van der Waals surface area contributed by atoms with Crippen LogP contribution in [0.4, 0.5) is 4.39 Å². The maximum Gasteiger partial charge on any atom is 0.129 e. The normalized spacial score (nSPS) is 10.6. The molecule has 14 heavy (non-hydrogen) atoms. The highest BCUT2D eigenvalue weighted by atomic mass is 28.3. The molecule has 0 atom stereocenters. The number of hydrogen-bond acceptors (Lipinski definition) is 0. The molecule has 0 N–H and O–H groups in total. The van der Waals surface area contributed by atoms with E-state index in [9.17, 15) is 4.39 Å². The molecule has 0 aromatic heterocycles. The van der Waals surface area contributed by atoms with E-state index >= 15 is 0 Å². The lowest BCUT2D eigenvalue weighted by Crippen LogP contribution is -2.16. The van der Waals surface area contributed by atoms with E-state index in [0.717, 1.165) is 11.1 Å². The van der Waals surface area contributed by atoms with Gasteiger partial charge < -0.3 is 0 Å². The molecule has 0 fully saturated rings. The van der Waals surface area contributed by atoms with Gasteiger partial charge in [0, 0.05) is 5.56 Å². The van der Waals surface area contributed by atoms with Crippen molar-refractivity contribution < 1.29 is 4.39 Å². The van der Waals surface area contributed by atoms with E-state index in [1.54, 1.807) is 0 Å². The molecular formula is C12H15FSi. The summed E-state index contributed by atoms with van der Waals surface area (Å²) in [6.07, 6.45) is 0. The summed E-state index contributed by atoms with van der Waals surface area (Å²) in [7, 11) is -1.36. The minimum Gasteiger partial charge on any atom is -0.207 e. The number of hydrogen-bond donors (Lipinski definition) is 0. The Balaban J connectivity index is 3.02. The van der Waals surface area contributed by atoms with Gasteiger partial charge in [-0.3, -0.25) is 0 Å². The Morgan fingerprint density at radius 2 is 1.79 bits per heavy atom. The molecule has 0 aliphatic carbocycles. The smallest absolute Gasteiger partial charge is 0.129 e. The molecule has 1 aromatic carbocycles. The molecule has 0 aliphatic heterocycles. The van der Waals surface area contributed by atoms with E-state index in [2.05, 4.69) is 31.1 Å². The van der Waals surface area contributed by atoms with Crippen LogP contribution in [-0.2, 0) is 0 Å². The minimum absolute atomic E-state index is 0.204. The summed E-state index contributed by atoms with van der Waals surface area (Å²) < 4.78 is 13.0. The second-order valence-electron chi connectivity index (χ2n) is 4.52. The van der Waals surface area contributed by atoms with Gasteiger partial charge in [-0.25, -0.2) is 4.39 Å².